The second-order valence-corrected chi connectivity index (χ2v) is 6.21. The van der Waals surface area contributed by atoms with Gasteiger partial charge in [-0.25, -0.2) is 0 Å². The van der Waals surface area contributed by atoms with Crippen molar-refractivity contribution in [2.24, 2.45) is 0 Å². The molecule has 1 N–H and O–H groups in total. The molecule has 7 heteroatoms. The summed E-state index contributed by atoms with van der Waals surface area (Å²) in [6.45, 7) is 6.28. The van der Waals surface area contributed by atoms with Crippen LogP contribution in [0.5, 0.6) is 11.5 Å². The number of hydrogen-bond donors (Lipinski definition) is 1. The normalized spacial score (nSPS) is 12.4. The summed E-state index contributed by atoms with van der Waals surface area (Å²) < 4.78 is 12.5. The van der Waals surface area contributed by atoms with Gasteiger partial charge in [-0.1, -0.05) is 13.8 Å². The van der Waals surface area contributed by atoms with Crippen molar-refractivity contribution < 1.29 is 9.47 Å². The maximum atomic E-state index is 5.50. The van der Waals surface area contributed by atoms with Gasteiger partial charge >= 0.3 is 0 Å². The molecule has 1 aromatic carbocycles. The van der Waals surface area contributed by atoms with Crippen molar-refractivity contribution in [3.63, 3.8) is 0 Å². The van der Waals surface area contributed by atoms with Gasteiger partial charge in [-0.15, -0.1) is 10.2 Å². The number of nitrogens with zero attached hydrogens (tertiary/aromatic N) is 4. The van der Waals surface area contributed by atoms with Crippen LogP contribution in [0.2, 0.25) is 0 Å². The summed E-state index contributed by atoms with van der Waals surface area (Å²) >= 11 is 0. The first kappa shape index (κ1) is 17.0. The SMILES string of the molecule is COc1ccc(OC)c(C(C)Nc2cc(C(C)C)nn3cnnc23)c1. The molecule has 7 nitrogen and oxygen atoms in total. The highest BCUT2D eigenvalue weighted by Gasteiger charge is 2.16. The van der Waals surface area contributed by atoms with E-state index < -0.39 is 0 Å². The Morgan fingerprint density at radius 3 is 2.56 bits per heavy atom. The molecule has 2 heterocycles. The third-order valence-corrected chi connectivity index (χ3v) is 4.15. The summed E-state index contributed by atoms with van der Waals surface area (Å²) in [5.74, 6) is 1.89. The van der Waals surface area contributed by atoms with Crippen LogP contribution >= 0.6 is 0 Å². The molecule has 0 aliphatic rings. The van der Waals surface area contributed by atoms with E-state index in [1.807, 2.05) is 24.3 Å². The Kier molecular flexibility index (Phi) is 4.74. The van der Waals surface area contributed by atoms with Crippen LogP contribution in [0, 0.1) is 0 Å². The number of anilines is 1. The maximum absolute atomic E-state index is 5.50. The average molecular weight is 341 g/mol. The van der Waals surface area contributed by atoms with Crippen molar-refractivity contribution in [2.45, 2.75) is 32.7 Å². The minimum Gasteiger partial charge on any atom is -0.497 e. The van der Waals surface area contributed by atoms with E-state index in [4.69, 9.17) is 9.47 Å². The van der Waals surface area contributed by atoms with Gasteiger partial charge in [0, 0.05) is 5.56 Å². The summed E-state index contributed by atoms with van der Waals surface area (Å²) in [4.78, 5) is 0. The third kappa shape index (κ3) is 3.35. The highest BCUT2D eigenvalue weighted by molar-refractivity contribution is 5.67. The fourth-order valence-electron chi connectivity index (χ4n) is 2.72. The second kappa shape index (κ2) is 6.96. The largest absolute Gasteiger partial charge is 0.497 e. The molecule has 25 heavy (non-hydrogen) atoms. The minimum absolute atomic E-state index is 0.0204. The van der Waals surface area contributed by atoms with Crippen LogP contribution in [0.15, 0.2) is 30.6 Å². The molecule has 0 aliphatic carbocycles. The van der Waals surface area contributed by atoms with Crippen LogP contribution in [0.25, 0.3) is 5.65 Å². The molecule has 2 aromatic heterocycles. The topological polar surface area (TPSA) is 73.6 Å². The predicted octanol–water partition coefficient (Wildman–Crippen LogP) is 3.44. The number of ether oxygens (including phenoxy) is 2. The average Bonchev–Trinajstić information content (AvgIpc) is 3.09. The monoisotopic (exact) mass is 341 g/mol. The van der Waals surface area contributed by atoms with Crippen molar-refractivity contribution in [1.82, 2.24) is 19.8 Å². The standard InChI is InChI=1S/C18H23N5O2/c1-11(2)15-9-16(18-21-19-10-23(18)22-15)20-12(3)14-8-13(24-4)6-7-17(14)25-5/h6-12,20H,1-5H3. The van der Waals surface area contributed by atoms with Crippen LogP contribution in [-0.2, 0) is 0 Å². The molecule has 0 bridgehead atoms. The molecular formula is C18H23N5O2. The molecule has 0 fully saturated rings. The fraction of sp³-hybridized carbons (Fsp3) is 0.389. The highest BCUT2D eigenvalue weighted by Crippen LogP contribution is 2.32. The first-order valence-electron chi connectivity index (χ1n) is 8.23. The van der Waals surface area contributed by atoms with Crippen molar-refractivity contribution in [2.75, 3.05) is 19.5 Å². The van der Waals surface area contributed by atoms with E-state index in [1.165, 1.54) is 0 Å². The number of aromatic nitrogens is 4. The van der Waals surface area contributed by atoms with Crippen LogP contribution in [0.1, 0.15) is 44.0 Å². The number of methoxy groups -OCH3 is 2. The Bertz CT molecular complexity index is 875. The summed E-state index contributed by atoms with van der Waals surface area (Å²) in [5.41, 5.74) is 3.55. The first-order valence-corrected chi connectivity index (χ1v) is 8.23. The Morgan fingerprint density at radius 2 is 1.88 bits per heavy atom. The number of hydrogen-bond acceptors (Lipinski definition) is 6. The number of nitrogens with one attached hydrogen (secondary N) is 1. The van der Waals surface area contributed by atoms with Crippen molar-refractivity contribution >= 4 is 11.3 Å². The number of rotatable bonds is 6. The molecule has 0 spiro atoms. The van der Waals surface area contributed by atoms with Crippen molar-refractivity contribution in [1.29, 1.82) is 0 Å². The van der Waals surface area contributed by atoms with Gasteiger partial charge in [-0.2, -0.15) is 9.61 Å². The lowest BCUT2D eigenvalue weighted by Crippen LogP contribution is -2.11. The molecule has 1 atom stereocenters. The van der Waals surface area contributed by atoms with Gasteiger partial charge in [0.1, 0.15) is 17.8 Å². The van der Waals surface area contributed by atoms with E-state index >= 15 is 0 Å². The Hall–Kier alpha value is -2.83. The minimum atomic E-state index is -0.0204. The lowest BCUT2D eigenvalue weighted by molar-refractivity contribution is 0.397. The summed E-state index contributed by atoms with van der Waals surface area (Å²) in [7, 11) is 3.32. The molecule has 0 radical (unpaired) electrons. The van der Waals surface area contributed by atoms with Crippen molar-refractivity contribution in [3.05, 3.63) is 41.9 Å². The van der Waals surface area contributed by atoms with Crippen molar-refractivity contribution in [3.8, 4) is 11.5 Å². The molecule has 132 valence electrons. The third-order valence-electron chi connectivity index (χ3n) is 4.15. The predicted molar refractivity (Wildman–Crippen MR) is 96.5 cm³/mol. The Balaban J connectivity index is 1.99. The molecule has 0 saturated carbocycles. The van der Waals surface area contributed by atoms with Crippen LogP contribution in [0.3, 0.4) is 0 Å². The lowest BCUT2D eigenvalue weighted by Gasteiger charge is -2.20. The fourth-order valence-corrected chi connectivity index (χ4v) is 2.72. The lowest BCUT2D eigenvalue weighted by atomic mass is 10.1. The zero-order valence-corrected chi connectivity index (χ0v) is 15.1. The summed E-state index contributed by atoms with van der Waals surface area (Å²) in [5, 5.41) is 16.2. The van der Waals surface area contributed by atoms with Gasteiger partial charge in [0.25, 0.3) is 0 Å². The first-order chi connectivity index (χ1) is 12.0. The molecule has 0 amide bonds. The van der Waals surface area contributed by atoms with E-state index in [9.17, 15) is 0 Å². The van der Waals surface area contributed by atoms with E-state index in [0.717, 1.165) is 28.4 Å². The molecule has 1 unspecified atom stereocenters. The Morgan fingerprint density at radius 1 is 1.08 bits per heavy atom. The van der Waals surface area contributed by atoms with Gasteiger partial charge < -0.3 is 14.8 Å². The highest BCUT2D eigenvalue weighted by atomic mass is 16.5. The second-order valence-electron chi connectivity index (χ2n) is 6.21. The molecule has 3 aromatic rings. The summed E-state index contributed by atoms with van der Waals surface area (Å²) in [6, 6.07) is 7.77. The maximum Gasteiger partial charge on any atom is 0.200 e. The quantitative estimate of drug-likeness (QED) is 0.740. The van der Waals surface area contributed by atoms with E-state index in [0.29, 0.717) is 11.6 Å². The molecule has 3 rings (SSSR count). The van der Waals surface area contributed by atoms with E-state index in [2.05, 4.69) is 41.4 Å². The van der Waals surface area contributed by atoms with Crippen LogP contribution in [0.4, 0.5) is 5.69 Å². The smallest absolute Gasteiger partial charge is 0.200 e. The van der Waals surface area contributed by atoms with Crippen LogP contribution in [-0.4, -0.2) is 34.0 Å². The molecule has 0 aliphatic heterocycles. The van der Waals surface area contributed by atoms with Crippen LogP contribution < -0.4 is 14.8 Å². The number of fused-ring (bicyclic) bond motifs is 1. The number of benzene rings is 1. The van der Waals surface area contributed by atoms with Gasteiger partial charge in [-0.05, 0) is 37.1 Å². The van der Waals surface area contributed by atoms with E-state index in [-0.39, 0.29) is 6.04 Å². The zero-order chi connectivity index (χ0) is 18.0. The van der Waals surface area contributed by atoms with E-state index in [1.54, 1.807) is 25.1 Å². The summed E-state index contributed by atoms with van der Waals surface area (Å²) in [6.07, 6.45) is 1.61. The van der Waals surface area contributed by atoms with Gasteiger partial charge in [-0.3, -0.25) is 0 Å². The van der Waals surface area contributed by atoms with Gasteiger partial charge in [0.2, 0.25) is 5.65 Å². The Labute approximate surface area is 147 Å². The molecule has 0 saturated heterocycles. The molecular weight excluding hydrogens is 318 g/mol. The van der Waals surface area contributed by atoms with Gasteiger partial charge in [0.15, 0.2) is 0 Å². The van der Waals surface area contributed by atoms with Gasteiger partial charge in [0.05, 0.1) is 31.6 Å². The zero-order valence-electron chi connectivity index (χ0n) is 15.1.